The average Bonchev–Trinajstić information content (AvgIpc) is 2.83. The van der Waals surface area contributed by atoms with E-state index in [1.165, 1.54) is 6.04 Å². The Morgan fingerprint density at radius 1 is 1.33 bits per heavy atom. The Balaban J connectivity index is 1.88. The number of aromatic nitrogens is 2. The van der Waals surface area contributed by atoms with Crippen LogP contribution in [0, 0.1) is 5.92 Å². The van der Waals surface area contributed by atoms with Crippen molar-refractivity contribution in [1.29, 1.82) is 0 Å². The summed E-state index contributed by atoms with van der Waals surface area (Å²) in [6.45, 7) is 10.8. The van der Waals surface area contributed by atoms with Crippen molar-refractivity contribution < 1.29 is 4.43 Å². The maximum atomic E-state index is 6.16. The lowest BCUT2D eigenvalue weighted by molar-refractivity contribution is 0.311. The molecule has 0 atom stereocenters. The topological polar surface area (TPSA) is 38.2 Å². The van der Waals surface area contributed by atoms with Crippen molar-refractivity contribution in [2.45, 2.75) is 33.0 Å². The number of pyridine rings is 1. The minimum atomic E-state index is -1.52. The molecule has 2 aromatic rings. The number of likely N-dealkylation sites (N-methyl/N-ethyl adjacent to an activating group) is 1. The predicted molar refractivity (Wildman–Crippen MR) is 93.8 cm³/mol. The molecule has 0 N–H and O–H groups in total. The van der Waals surface area contributed by atoms with Crippen molar-refractivity contribution in [1.82, 2.24) is 9.97 Å². The second-order valence-electron chi connectivity index (χ2n) is 6.47. The fourth-order valence-electron chi connectivity index (χ4n) is 2.57. The zero-order chi connectivity index (χ0) is 15.5. The molecule has 4 nitrogen and oxygen atoms in total. The molecule has 0 aromatic carbocycles. The van der Waals surface area contributed by atoms with Gasteiger partial charge in [-0.1, -0.05) is 13.8 Å². The van der Waals surface area contributed by atoms with Crippen LogP contribution in [0.4, 0.5) is 5.82 Å². The molecule has 0 aliphatic rings. The van der Waals surface area contributed by atoms with Crippen LogP contribution in [0.1, 0.15) is 13.8 Å². The van der Waals surface area contributed by atoms with Crippen LogP contribution in [0.2, 0.25) is 19.1 Å². The standard InChI is InChI=1S/C15H25N3OSSi/c1-12(2)10-21(4,5)19-9-8-18(3)14-7-6-13-15(17-14)20-11-16-13/h6-7,11-12H,8-10H2,1-5H3. The third-order valence-corrected chi connectivity index (χ3v) is 6.91. The summed E-state index contributed by atoms with van der Waals surface area (Å²) < 4.78 is 6.16. The van der Waals surface area contributed by atoms with Crippen molar-refractivity contribution in [2.24, 2.45) is 5.92 Å². The van der Waals surface area contributed by atoms with Crippen LogP contribution in [0.25, 0.3) is 10.3 Å². The summed E-state index contributed by atoms with van der Waals surface area (Å²) in [5.41, 5.74) is 2.81. The van der Waals surface area contributed by atoms with E-state index in [1.54, 1.807) is 11.3 Å². The van der Waals surface area contributed by atoms with E-state index in [0.29, 0.717) is 5.92 Å². The number of rotatable bonds is 7. The van der Waals surface area contributed by atoms with Gasteiger partial charge in [0.05, 0.1) is 12.1 Å². The van der Waals surface area contributed by atoms with Gasteiger partial charge in [0, 0.05) is 13.6 Å². The highest BCUT2D eigenvalue weighted by atomic mass is 32.1. The average molecular weight is 324 g/mol. The molecule has 0 saturated carbocycles. The highest BCUT2D eigenvalue weighted by Crippen LogP contribution is 2.20. The molecular weight excluding hydrogens is 298 g/mol. The number of hydrogen-bond acceptors (Lipinski definition) is 5. The molecule has 0 radical (unpaired) electrons. The van der Waals surface area contributed by atoms with Gasteiger partial charge >= 0.3 is 0 Å². The quantitative estimate of drug-likeness (QED) is 0.722. The summed E-state index contributed by atoms with van der Waals surface area (Å²) in [7, 11) is 0.543. The number of anilines is 1. The first-order valence-electron chi connectivity index (χ1n) is 7.43. The van der Waals surface area contributed by atoms with Gasteiger partial charge in [0.2, 0.25) is 0 Å². The van der Waals surface area contributed by atoms with E-state index in [2.05, 4.69) is 48.9 Å². The summed E-state index contributed by atoms with van der Waals surface area (Å²) in [6.07, 6.45) is 0. The summed E-state index contributed by atoms with van der Waals surface area (Å²) in [4.78, 5) is 12.0. The van der Waals surface area contributed by atoms with Gasteiger partial charge in [0.15, 0.2) is 8.32 Å². The van der Waals surface area contributed by atoms with Gasteiger partial charge in [-0.15, -0.1) is 11.3 Å². The van der Waals surface area contributed by atoms with Crippen LogP contribution in [0.15, 0.2) is 17.6 Å². The largest absolute Gasteiger partial charge is 0.416 e. The van der Waals surface area contributed by atoms with Gasteiger partial charge in [-0.3, -0.25) is 0 Å². The maximum absolute atomic E-state index is 6.16. The Bertz CT molecular complexity index is 585. The third kappa shape index (κ3) is 4.76. The van der Waals surface area contributed by atoms with Gasteiger partial charge in [-0.2, -0.15) is 0 Å². The highest BCUT2D eigenvalue weighted by Gasteiger charge is 2.23. The van der Waals surface area contributed by atoms with E-state index in [4.69, 9.17) is 4.43 Å². The van der Waals surface area contributed by atoms with Crippen molar-refractivity contribution in [3.63, 3.8) is 0 Å². The number of fused-ring (bicyclic) bond motifs is 1. The van der Waals surface area contributed by atoms with Gasteiger partial charge in [-0.05, 0) is 37.2 Å². The van der Waals surface area contributed by atoms with Gasteiger partial charge in [0.25, 0.3) is 0 Å². The molecule has 0 aliphatic carbocycles. The van der Waals surface area contributed by atoms with E-state index in [9.17, 15) is 0 Å². The van der Waals surface area contributed by atoms with Crippen molar-refractivity contribution in [2.75, 3.05) is 25.1 Å². The molecule has 0 unspecified atom stereocenters. The number of nitrogens with zero attached hydrogens (tertiary/aromatic N) is 3. The zero-order valence-corrected chi connectivity index (χ0v) is 15.4. The molecular formula is C15H25N3OSSi. The van der Waals surface area contributed by atoms with Gasteiger partial charge in [0.1, 0.15) is 16.2 Å². The van der Waals surface area contributed by atoms with Crippen LogP contribution in [-0.4, -0.2) is 38.5 Å². The van der Waals surface area contributed by atoms with Gasteiger partial charge < -0.3 is 9.33 Å². The van der Waals surface area contributed by atoms with Crippen LogP contribution < -0.4 is 4.90 Å². The summed E-state index contributed by atoms with van der Waals surface area (Å²) in [5.74, 6) is 1.69. The first-order valence-corrected chi connectivity index (χ1v) is 11.4. The van der Waals surface area contributed by atoms with Crippen LogP contribution >= 0.6 is 11.3 Å². The first kappa shape index (κ1) is 16.4. The smallest absolute Gasteiger partial charge is 0.187 e. The summed E-state index contributed by atoms with van der Waals surface area (Å²) in [5, 5.41) is 0. The lowest BCUT2D eigenvalue weighted by Crippen LogP contribution is -2.35. The second kappa shape index (κ2) is 6.85. The third-order valence-electron chi connectivity index (χ3n) is 3.39. The van der Waals surface area contributed by atoms with E-state index in [1.807, 2.05) is 17.6 Å². The van der Waals surface area contributed by atoms with Crippen molar-refractivity contribution >= 4 is 35.8 Å². The highest BCUT2D eigenvalue weighted by molar-refractivity contribution is 7.16. The zero-order valence-electron chi connectivity index (χ0n) is 13.6. The predicted octanol–water partition coefficient (Wildman–Crippen LogP) is 4.01. The molecule has 116 valence electrons. The van der Waals surface area contributed by atoms with E-state index < -0.39 is 8.32 Å². The minimum Gasteiger partial charge on any atom is -0.416 e. The fraction of sp³-hybridized carbons (Fsp3) is 0.600. The van der Waals surface area contributed by atoms with E-state index in [0.717, 1.165) is 29.3 Å². The van der Waals surface area contributed by atoms with E-state index >= 15 is 0 Å². The molecule has 0 saturated heterocycles. The number of thiazole rings is 1. The lowest BCUT2D eigenvalue weighted by atomic mass is 10.3. The molecule has 2 aromatic heterocycles. The first-order chi connectivity index (χ1) is 9.87. The number of hydrogen-bond donors (Lipinski definition) is 0. The molecule has 0 bridgehead atoms. The Kier molecular flexibility index (Phi) is 5.35. The Morgan fingerprint density at radius 3 is 2.81 bits per heavy atom. The minimum absolute atomic E-state index is 0.708. The Hall–Kier alpha value is -0.983. The van der Waals surface area contributed by atoms with E-state index in [-0.39, 0.29) is 0 Å². The monoisotopic (exact) mass is 323 g/mol. The molecule has 6 heteroatoms. The maximum Gasteiger partial charge on any atom is 0.187 e. The van der Waals surface area contributed by atoms with Crippen LogP contribution in [-0.2, 0) is 4.43 Å². The van der Waals surface area contributed by atoms with Crippen LogP contribution in [0.3, 0.4) is 0 Å². The normalized spacial score (nSPS) is 12.3. The van der Waals surface area contributed by atoms with Crippen LogP contribution in [0.5, 0.6) is 0 Å². The summed E-state index contributed by atoms with van der Waals surface area (Å²) >= 11 is 1.58. The van der Waals surface area contributed by atoms with Gasteiger partial charge in [-0.25, -0.2) is 9.97 Å². The molecule has 0 amide bonds. The molecule has 21 heavy (non-hydrogen) atoms. The molecule has 2 heterocycles. The Labute approximate surface area is 132 Å². The molecule has 0 spiro atoms. The lowest BCUT2D eigenvalue weighted by Gasteiger charge is -2.26. The SMILES string of the molecule is CC(C)C[Si](C)(C)OCCN(C)c1ccc2ncsc2n1. The fourth-order valence-corrected chi connectivity index (χ4v) is 5.95. The summed E-state index contributed by atoms with van der Waals surface area (Å²) in [6, 6.07) is 5.27. The molecule has 0 aliphatic heterocycles. The van der Waals surface area contributed by atoms with Crippen molar-refractivity contribution in [3.8, 4) is 0 Å². The second-order valence-corrected chi connectivity index (χ2v) is 11.5. The Morgan fingerprint density at radius 2 is 2.10 bits per heavy atom. The van der Waals surface area contributed by atoms with Crippen molar-refractivity contribution in [3.05, 3.63) is 17.6 Å². The molecule has 2 rings (SSSR count). The molecule has 0 fully saturated rings.